The summed E-state index contributed by atoms with van der Waals surface area (Å²) in [6.07, 6.45) is 7.14. The number of hydrogen-bond acceptors (Lipinski definition) is 4. The normalized spacial score (nSPS) is 34.5. The van der Waals surface area contributed by atoms with Crippen molar-refractivity contribution in [2.45, 2.75) is 25.3 Å². The van der Waals surface area contributed by atoms with Gasteiger partial charge in [-0.25, -0.2) is 0 Å². The van der Waals surface area contributed by atoms with Crippen LogP contribution in [0.25, 0.3) is 0 Å². The van der Waals surface area contributed by atoms with E-state index in [0.29, 0.717) is 11.8 Å². The van der Waals surface area contributed by atoms with Gasteiger partial charge in [-0.2, -0.15) is 0 Å². The molecule has 84 valence electrons. The minimum absolute atomic E-state index is 0.202. The number of nitrogens with zero attached hydrogens (tertiary/aromatic N) is 2. The molecule has 2 fully saturated rings. The molecule has 4 nitrogen and oxygen atoms in total. The fourth-order valence-electron chi connectivity index (χ4n) is 3.05. The van der Waals surface area contributed by atoms with Gasteiger partial charge < -0.3 is 10.5 Å². The van der Waals surface area contributed by atoms with E-state index in [1.165, 1.54) is 12.8 Å². The predicted octanol–water partition coefficient (Wildman–Crippen LogP) is 2.12. The van der Waals surface area contributed by atoms with Gasteiger partial charge in [0.15, 0.2) is 0 Å². The molecule has 0 unspecified atom stereocenters. The second kappa shape index (κ2) is 3.77. The number of hydrogen-bond donors (Lipinski definition) is 2. The first-order valence-corrected chi connectivity index (χ1v) is 5.77. The number of aromatic nitrogens is 1. The molecular weight excluding hydrogens is 202 g/mol. The highest BCUT2D eigenvalue weighted by atomic mass is 16.4. The van der Waals surface area contributed by atoms with Crippen molar-refractivity contribution in [2.75, 3.05) is 5.32 Å². The highest BCUT2D eigenvalue weighted by Crippen LogP contribution is 2.43. The van der Waals surface area contributed by atoms with Crippen LogP contribution >= 0.6 is 0 Å². The first-order valence-electron chi connectivity index (χ1n) is 5.77. The smallest absolute Gasteiger partial charge is 0.0826 e. The van der Waals surface area contributed by atoms with Gasteiger partial charge in [0.25, 0.3) is 0 Å². The van der Waals surface area contributed by atoms with Crippen LogP contribution in [0.4, 0.5) is 5.69 Å². The fraction of sp³-hybridized carbons (Fsp3) is 0.500. The number of pyridine rings is 1. The topological polar surface area (TPSA) is 57.5 Å². The standard InChI is InChI=1S/C12H15N3O/c16-15-12-9-4-3-8(6-9)11(12)14-10-2-1-5-13-7-10/h1-2,5,7-9,11,14,16H,3-4,6H2/b15-12-/t8-,9-,11+/m0/s1. The lowest BCUT2D eigenvalue weighted by Crippen LogP contribution is -2.35. The maximum Gasteiger partial charge on any atom is 0.0826 e. The van der Waals surface area contributed by atoms with Crippen LogP contribution in [0.15, 0.2) is 29.7 Å². The molecule has 1 aromatic rings. The number of nitrogens with one attached hydrogen (secondary N) is 1. The molecular formula is C12H15N3O. The van der Waals surface area contributed by atoms with Gasteiger partial charge >= 0.3 is 0 Å². The largest absolute Gasteiger partial charge is 0.411 e. The quantitative estimate of drug-likeness (QED) is 0.589. The van der Waals surface area contributed by atoms with Gasteiger partial charge in [0.2, 0.25) is 0 Å². The van der Waals surface area contributed by atoms with Crippen molar-refractivity contribution >= 4 is 11.4 Å². The van der Waals surface area contributed by atoms with E-state index in [0.717, 1.165) is 17.8 Å². The number of oxime groups is 1. The molecule has 1 aromatic heterocycles. The van der Waals surface area contributed by atoms with Gasteiger partial charge in [0.1, 0.15) is 0 Å². The maximum absolute atomic E-state index is 9.07. The Morgan fingerprint density at radius 1 is 1.44 bits per heavy atom. The summed E-state index contributed by atoms with van der Waals surface area (Å²) in [5.74, 6) is 1.11. The minimum atomic E-state index is 0.202. The zero-order valence-corrected chi connectivity index (χ0v) is 9.00. The molecule has 16 heavy (non-hydrogen) atoms. The second-order valence-corrected chi connectivity index (χ2v) is 4.66. The van der Waals surface area contributed by atoms with Crippen LogP contribution in [0.3, 0.4) is 0 Å². The Balaban J connectivity index is 1.80. The molecule has 4 heteroatoms. The third-order valence-electron chi connectivity index (χ3n) is 3.78. The fourth-order valence-corrected chi connectivity index (χ4v) is 3.05. The van der Waals surface area contributed by atoms with Crippen LogP contribution in [-0.4, -0.2) is 21.9 Å². The Morgan fingerprint density at radius 2 is 2.38 bits per heavy atom. The molecule has 2 saturated carbocycles. The molecule has 0 radical (unpaired) electrons. The molecule has 0 saturated heterocycles. The molecule has 2 aliphatic carbocycles. The number of anilines is 1. The van der Waals surface area contributed by atoms with Gasteiger partial charge in [-0.05, 0) is 37.3 Å². The molecule has 0 spiro atoms. The van der Waals surface area contributed by atoms with E-state index in [-0.39, 0.29) is 6.04 Å². The van der Waals surface area contributed by atoms with Crippen LogP contribution in [0, 0.1) is 11.8 Å². The molecule has 1 heterocycles. The molecule has 2 N–H and O–H groups in total. The van der Waals surface area contributed by atoms with Gasteiger partial charge in [-0.3, -0.25) is 4.98 Å². The van der Waals surface area contributed by atoms with Crippen LogP contribution in [0.5, 0.6) is 0 Å². The third kappa shape index (κ3) is 1.45. The molecule has 0 aliphatic heterocycles. The molecule has 2 bridgehead atoms. The van der Waals surface area contributed by atoms with Crippen molar-refractivity contribution in [3.63, 3.8) is 0 Å². The first-order chi connectivity index (χ1) is 7.88. The van der Waals surface area contributed by atoms with Crippen molar-refractivity contribution in [2.24, 2.45) is 17.0 Å². The van der Waals surface area contributed by atoms with Crippen LogP contribution in [-0.2, 0) is 0 Å². The Hall–Kier alpha value is -1.58. The highest BCUT2D eigenvalue weighted by Gasteiger charge is 2.45. The summed E-state index contributed by atoms with van der Waals surface area (Å²) in [5, 5.41) is 16.0. The minimum Gasteiger partial charge on any atom is -0.411 e. The summed E-state index contributed by atoms with van der Waals surface area (Å²) in [6.45, 7) is 0. The van der Waals surface area contributed by atoms with Crippen molar-refractivity contribution in [3.8, 4) is 0 Å². The number of rotatable bonds is 2. The summed E-state index contributed by atoms with van der Waals surface area (Å²) in [4.78, 5) is 4.07. The molecule has 0 aromatic carbocycles. The summed E-state index contributed by atoms with van der Waals surface area (Å²) >= 11 is 0. The molecule has 3 atom stereocenters. The summed E-state index contributed by atoms with van der Waals surface area (Å²) in [6, 6.07) is 4.10. The van der Waals surface area contributed by atoms with Crippen LogP contribution in [0.2, 0.25) is 0 Å². The van der Waals surface area contributed by atoms with E-state index in [1.54, 1.807) is 12.4 Å². The Kier molecular flexibility index (Phi) is 2.27. The zero-order valence-electron chi connectivity index (χ0n) is 9.00. The van der Waals surface area contributed by atoms with E-state index in [9.17, 15) is 0 Å². The van der Waals surface area contributed by atoms with Crippen LogP contribution < -0.4 is 5.32 Å². The summed E-state index contributed by atoms with van der Waals surface area (Å²) < 4.78 is 0. The Bertz CT molecular complexity index is 404. The van der Waals surface area contributed by atoms with Gasteiger partial charge in [-0.15, -0.1) is 0 Å². The van der Waals surface area contributed by atoms with E-state index in [4.69, 9.17) is 5.21 Å². The summed E-state index contributed by atoms with van der Waals surface area (Å²) in [5.41, 5.74) is 1.93. The molecule has 0 amide bonds. The zero-order chi connectivity index (χ0) is 11.0. The van der Waals surface area contributed by atoms with Crippen molar-refractivity contribution in [1.82, 2.24) is 4.98 Å². The average Bonchev–Trinajstić information content (AvgIpc) is 2.91. The lowest BCUT2D eigenvalue weighted by Gasteiger charge is -2.24. The van der Waals surface area contributed by atoms with E-state index >= 15 is 0 Å². The predicted molar refractivity (Wildman–Crippen MR) is 61.7 cm³/mol. The van der Waals surface area contributed by atoms with Gasteiger partial charge in [-0.1, -0.05) is 5.16 Å². The first kappa shape index (κ1) is 9.63. The lowest BCUT2D eigenvalue weighted by atomic mass is 9.93. The monoisotopic (exact) mass is 217 g/mol. The third-order valence-corrected chi connectivity index (χ3v) is 3.78. The lowest BCUT2D eigenvalue weighted by molar-refractivity contribution is 0.312. The Morgan fingerprint density at radius 3 is 3.12 bits per heavy atom. The Labute approximate surface area is 94.4 Å². The van der Waals surface area contributed by atoms with Gasteiger partial charge in [0, 0.05) is 18.3 Å². The maximum atomic E-state index is 9.07. The van der Waals surface area contributed by atoms with Crippen molar-refractivity contribution < 1.29 is 5.21 Å². The number of fused-ring (bicyclic) bond motifs is 2. The highest BCUT2D eigenvalue weighted by molar-refractivity contribution is 5.96. The van der Waals surface area contributed by atoms with E-state index < -0.39 is 0 Å². The van der Waals surface area contributed by atoms with Crippen molar-refractivity contribution in [3.05, 3.63) is 24.5 Å². The van der Waals surface area contributed by atoms with Crippen LogP contribution in [0.1, 0.15) is 19.3 Å². The van der Waals surface area contributed by atoms with Crippen molar-refractivity contribution in [1.29, 1.82) is 0 Å². The summed E-state index contributed by atoms with van der Waals surface area (Å²) in [7, 11) is 0. The molecule has 2 aliphatic rings. The average molecular weight is 217 g/mol. The van der Waals surface area contributed by atoms with Gasteiger partial charge in [0.05, 0.1) is 17.4 Å². The molecule has 3 rings (SSSR count). The SMILES string of the molecule is O/N=C1/[C@H]2CC[C@@H](C2)[C@H]1Nc1cccnc1. The second-order valence-electron chi connectivity index (χ2n) is 4.66. The van der Waals surface area contributed by atoms with E-state index in [2.05, 4.69) is 15.5 Å². The van der Waals surface area contributed by atoms with E-state index in [1.807, 2.05) is 12.1 Å².